The number of hydrogen-bond acceptors (Lipinski definition) is 3. The van der Waals surface area contributed by atoms with E-state index in [0.717, 1.165) is 25.7 Å². The quantitative estimate of drug-likeness (QED) is 0.856. The average molecular weight is 294 g/mol. The minimum absolute atomic E-state index is 0.108. The first-order chi connectivity index (χ1) is 9.47. The molecule has 0 saturated heterocycles. The Kier molecular flexibility index (Phi) is 3.30. The van der Waals surface area contributed by atoms with Crippen molar-refractivity contribution in [1.29, 1.82) is 0 Å². The lowest BCUT2D eigenvalue weighted by molar-refractivity contribution is 0.0923. The lowest BCUT2D eigenvalue weighted by Gasteiger charge is -2.18. The second-order valence-electron chi connectivity index (χ2n) is 5.72. The topological polar surface area (TPSA) is 89.3 Å². The third kappa shape index (κ3) is 2.86. The first kappa shape index (κ1) is 13.6. The van der Waals surface area contributed by atoms with Gasteiger partial charge in [0.05, 0.1) is 10.5 Å². The summed E-state index contributed by atoms with van der Waals surface area (Å²) in [5.41, 5.74) is 0.140. The fourth-order valence-electron chi connectivity index (χ4n) is 2.66. The number of primary sulfonamides is 1. The van der Waals surface area contributed by atoms with E-state index in [0.29, 0.717) is 11.8 Å². The van der Waals surface area contributed by atoms with E-state index < -0.39 is 10.0 Å². The molecule has 2 aliphatic carbocycles. The fraction of sp³-hybridized carbons (Fsp3) is 0.500. The van der Waals surface area contributed by atoms with Gasteiger partial charge in [0.15, 0.2) is 0 Å². The maximum atomic E-state index is 12.4. The van der Waals surface area contributed by atoms with Crippen molar-refractivity contribution in [1.82, 2.24) is 5.32 Å². The smallest absolute Gasteiger partial charge is 0.252 e. The third-order valence-electron chi connectivity index (χ3n) is 4.00. The molecule has 0 aliphatic heterocycles. The summed E-state index contributed by atoms with van der Waals surface area (Å²) < 4.78 is 23.1. The highest BCUT2D eigenvalue weighted by Crippen LogP contribution is 2.44. The van der Waals surface area contributed by atoms with E-state index >= 15 is 0 Å². The predicted octanol–water partition coefficient (Wildman–Crippen LogP) is 1.25. The number of benzene rings is 1. The van der Waals surface area contributed by atoms with Gasteiger partial charge >= 0.3 is 0 Å². The summed E-state index contributed by atoms with van der Waals surface area (Å²) in [4.78, 5) is 12.2. The van der Waals surface area contributed by atoms with Gasteiger partial charge in [0.1, 0.15) is 0 Å². The van der Waals surface area contributed by atoms with Crippen molar-refractivity contribution in [3.8, 4) is 0 Å². The Balaban J connectivity index is 1.83. The maximum absolute atomic E-state index is 12.4. The van der Waals surface area contributed by atoms with Gasteiger partial charge < -0.3 is 5.32 Å². The number of nitrogens with one attached hydrogen (secondary N) is 1. The molecule has 2 fully saturated rings. The minimum Gasteiger partial charge on any atom is -0.349 e. The lowest BCUT2D eigenvalue weighted by atomic mass is 10.1. The molecule has 6 heteroatoms. The molecule has 1 amide bonds. The molecule has 1 aromatic carbocycles. The van der Waals surface area contributed by atoms with Crippen LogP contribution < -0.4 is 10.5 Å². The molecule has 5 nitrogen and oxygen atoms in total. The molecule has 3 N–H and O–H groups in total. The highest BCUT2D eigenvalue weighted by molar-refractivity contribution is 7.89. The number of amides is 1. The number of carbonyl (C=O) groups excluding carboxylic acids is 1. The van der Waals surface area contributed by atoms with E-state index in [2.05, 4.69) is 5.32 Å². The van der Waals surface area contributed by atoms with Crippen LogP contribution in [0.3, 0.4) is 0 Å². The second-order valence-corrected chi connectivity index (χ2v) is 7.25. The Morgan fingerprint density at radius 1 is 1.15 bits per heavy atom. The number of nitrogens with two attached hydrogens (primary N) is 1. The highest BCUT2D eigenvalue weighted by atomic mass is 32.2. The standard InChI is InChI=1S/C14H18N2O3S/c15-20(18,19)12-4-2-1-3-11(12)14(17)16-13(9-5-6-9)10-7-8-10/h1-4,9-10,13H,5-8H2,(H,16,17)(H2,15,18,19). The van der Waals surface area contributed by atoms with E-state index in [1.807, 2.05) is 0 Å². The molecular weight excluding hydrogens is 276 g/mol. The van der Waals surface area contributed by atoms with Crippen LogP contribution in [-0.2, 0) is 10.0 Å². The Hall–Kier alpha value is -1.40. The zero-order valence-electron chi connectivity index (χ0n) is 11.1. The summed E-state index contributed by atoms with van der Waals surface area (Å²) in [5.74, 6) is 0.791. The SMILES string of the molecule is NS(=O)(=O)c1ccccc1C(=O)NC(C1CC1)C1CC1. The maximum Gasteiger partial charge on any atom is 0.252 e. The van der Waals surface area contributed by atoms with Crippen LogP contribution in [0.1, 0.15) is 36.0 Å². The van der Waals surface area contributed by atoms with Crippen LogP contribution in [-0.4, -0.2) is 20.4 Å². The van der Waals surface area contributed by atoms with Crippen molar-refractivity contribution < 1.29 is 13.2 Å². The van der Waals surface area contributed by atoms with Crippen LogP contribution in [0, 0.1) is 11.8 Å². The Morgan fingerprint density at radius 3 is 2.20 bits per heavy atom. The Bertz CT molecular complexity index is 622. The van der Waals surface area contributed by atoms with Crippen LogP contribution in [0.25, 0.3) is 0 Å². The van der Waals surface area contributed by atoms with Crippen molar-refractivity contribution in [2.45, 2.75) is 36.6 Å². The first-order valence-corrected chi connectivity index (χ1v) is 8.44. The summed E-state index contributed by atoms with van der Waals surface area (Å²) >= 11 is 0. The zero-order valence-corrected chi connectivity index (χ0v) is 11.9. The Labute approximate surface area is 118 Å². The molecule has 2 saturated carbocycles. The Morgan fingerprint density at radius 2 is 1.70 bits per heavy atom. The van der Waals surface area contributed by atoms with Gasteiger partial charge in [0, 0.05) is 6.04 Å². The van der Waals surface area contributed by atoms with Crippen LogP contribution in [0.2, 0.25) is 0 Å². The first-order valence-electron chi connectivity index (χ1n) is 6.89. The number of sulfonamides is 1. The molecule has 0 radical (unpaired) electrons. The van der Waals surface area contributed by atoms with Gasteiger partial charge in [0.25, 0.3) is 5.91 Å². The summed E-state index contributed by atoms with van der Waals surface area (Å²) in [7, 11) is -3.88. The van der Waals surface area contributed by atoms with Gasteiger partial charge in [-0.2, -0.15) is 0 Å². The van der Waals surface area contributed by atoms with Gasteiger partial charge in [-0.25, -0.2) is 13.6 Å². The number of rotatable bonds is 5. The molecule has 0 bridgehead atoms. The summed E-state index contributed by atoms with van der Waals surface area (Å²) in [5, 5.41) is 8.17. The van der Waals surface area contributed by atoms with Crippen molar-refractivity contribution in [2.75, 3.05) is 0 Å². The molecule has 3 rings (SSSR count). The average Bonchev–Trinajstić information content (AvgIpc) is 3.28. The molecule has 2 aliphatic rings. The van der Waals surface area contributed by atoms with E-state index in [4.69, 9.17) is 5.14 Å². The molecular formula is C14H18N2O3S. The third-order valence-corrected chi connectivity index (χ3v) is 4.96. The normalized spacial score (nSPS) is 19.1. The van der Waals surface area contributed by atoms with Crippen molar-refractivity contribution >= 4 is 15.9 Å². The minimum atomic E-state index is -3.88. The van der Waals surface area contributed by atoms with Crippen molar-refractivity contribution in [3.63, 3.8) is 0 Å². The van der Waals surface area contributed by atoms with Crippen LogP contribution in [0.15, 0.2) is 29.2 Å². The summed E-state index contributed by atoms with van der Waals surface area (Å²) in [6.07, 6.45) is 4.60. The summed E-state index contributed by atoms with van der Waals surface area (Å²) in [6, 6.07) is 6.28. The van der Waals surface area contributed by atoms with Crippen molar-refractivity contribution in [2.24, 2.45) is 17.0 Å². The van der Waals surface area contributed by atoms with Gasteiger partial charge in [0.2, 0.25) is 10.0 Å². The molecule has 0 aromatic heterocycles. The van der Waals surface area contributed by atoms with E-state index in [1.165, 1.54) is 12.1 Å². The molecule has 0 heterocycles. The van der Waals surface area contributed by atoms with Crippen molar-refractivity contribution in [3.05, 3.63) is 29.8 Å². The van der Waals surface area contributed by atoms with Crippen LogP contribution >= 0.6 is 0 Å². The highest BCUT2D eigenvalue weighted by Gasteiger charge is 2.42. The zero-order chi connectivity index (χ0) is 14.3. The van der Waals surface area contributed by atoms with E-state index in [1.54, 1.807) is 12.1 Å². The fourth-order valence-corrected chi connectivity index (χ4v) is 3.40. The van der Waals surface area contributed by atoms with Crippen LogP contribution in [0.5, 0.6) is 0 Å². The van der Waals surface area contributed by atoms with E-state index in [9.17, 15) is 13.2 Å². The van der Waals surface area contributed by atoms with Gasteiger partial charge in [-0.05, 0) is 49.7 Å². The van der Waals surface area contributed by atoms with Gasteiger partial charge in [-0.15, -0.1) is 0 Å². The predicted molar refractivity (Wildman–Crippen MR) is 74.5 cm³/mol. The molecule has 20 heavy (non-hydrogen) atoms. The largest absolute Gasteiger partial charge is 0.349 e. The molecule has 0 spiro atoms. The van der Waals surface area contributed by atoms with Gasteiger partial charge in [-0.1, -0.05) is 12.1 Å². The lowest BCUT2D eigenvalue weighted by Crippen LogP contribution is -2.38. The van der Waals surface area contributed by atoms with Crippen LogP contribution in [0.4, 0.5) is 0 Å². The molecule has 0 atom stereocenters. The monoisotopic (exact) mass is 294 g/mol. The molecule has 108 valence electrons. The van der Waals surface area contributed by atoms with Gasteiger partial charge in [-0.3, -0.25) is 4.79 Å². The second kappa shape index (κ2) is 4.86. The number of hydrogen-bond donors (Lipinski definition) is 2. The molecule has 1 aromatic rings. The number of carbonyl (C=O) groups is 1. The summed E-state index contributed by atoms with van der Waals surface area (Å²) in [6.45, 7) is 0. The van der Waals surface area contributed by atoms with E-state index in [-0.39, 0.29) is 22.4 Å². The molecule has 0 unspecified atom stereocenters.